The Morgan fingerprint density at radius 1 is 1.08 bits per heavy atom. The molecule has 0 aliphatic carbocycles. The molecule has 4 rings (SSSR count). The number of rotatable bonds is 4. The van der Waals surface area contributed by atoms with Gasteiger partial charge in [-0.25, -0.2) is 17.6 Å². The van der Waals surface area contributed by atoms with Crippen molar-refractivity contribution in [1.82, 2.24) is 0 Å². The van der Waals surface area contributed by atoms with Crippen LogP contribution in [0.15, 0.2) is 54.6 Å². The number of hydrogen-bond donors (Lipinski definition) is 3. The average Bonchev–Trinajstić information content (AvgIpc) is 2.92. The van der Waals surface area contributed by atoms with E-state index in [2.05, 4.69) is 5.32 Å². The minimum absolute atomic E-state index is 0.00745. The first kappa shape index (κ1) is 26.6. The Bertz CT molecular complexity index is 1380. The largest absolute Gasteiger partial charge is 0.393 e. The molecule has 0 unspecified atom stereocenters. The molecule has 0 spiro atoms. The molecule has 1 heterocycles. The summed E-state index contributed by atoms with van der Waals surface area (Å²) in [6.07, 6.45) is -0.999. The lowest BCUT2D eigenvalue weighted by Gasteiger charge is -2.33. The van der Waals surface area contributed by atoms with Gasteiger partial charge in [0, 0.05) is 29.1 Å². The topological polar surface area (TPSA) is 89.9 Å². The predicted molar refractivity (Wildman–Crippen MR) is 129 cm³/mol. The summed E-state index contributed by atoms with van der Waals surface area (Å²) < 4.78 is 58.8. The Labute approximate surface area is 214 Å². The minimum Gasteiger partial charge on any atom is -0.393 e. The molecule has 0 saturated carbocycles. The average molecular weight is 537 g/mol. The number of aliphatic hydroxyl groups excluding tert-OH is 1. The van der Waals surface area contributed by atoms with Crippen LogP contribution in [0, 0.1) is 18.6 Å². The number of nitrogens with one attached hydrogen (secondary N) is 1. The minimum atomic E-state index is -3.82. The van der Waals surface area contributed by atoms with Crippen molar-refractivity contribution in [3.05, 3.63) is 93.5 Å². The van der Waals surface area contributed by atoms with Gasteiger partial charge in [-0.1, -0.05) is 23.7 Å². The van der Waals surface area contributed by atoms with Crippen LogP contribution in [0.3, 0.4) is 0 Å². The molecule has 3 aromatic carbocycles. The number of hydrogen-bond acceptors (Lipinski definition) is 4. The summed E-state index contributed by atoms with van der Waals surface area (Å²) in [6.45, 7) is -0.376. The van der Waals surface area contributed by atoms with Crippen molar-refractivity contribution in [3.63, 3.8) is 0 Å². The predicted octanol–water partition coefficient (Wildman–Crippen LogP) is 5.04. The van der Waals surface area contributed by atoms with Crippen molar-refractivity contribution < 1.29 is 37.4 Å². The quantitative estimate of drug-likeness (QED) is 0.407. The van der Waals surface area contributed by atoms with E-state index in [1.165, 1.54) is 37.3 Å². The summed E-state index contributed by atoms with van der Waals surface area (Å²) in [4.78, 5) is 26.7. The first-order chi connectivity index (χ1) is 17.4. The molecular weight excluding hydrogens is 516 g/mol. The van der Waals surface area contributed by atoms with E-state index in [4.69, 9.17) is 11.6 Å². The summed E-state index contributed by atoms with van der Waals surface area (Å²) in [5.74, 6) is -7.39. The zero-order valence-corrected chi connectivity index (χ0v) is 20.1. The molecule has 0 bridgehead atoms. The highest BCUT2D eigenvalue weighted by Crippen LogP contribution is 2.47. The van der Waals surface area contributed by atoms with Crippen molar-refractivity contribution in [1.29, 1.82) is 0 Å². The Kier molecular flexibility index (Phi) is 7.02. The smallest absolute Gasteiger partial charge is 0.284 e. The van der Waals surface area contributed by atoms with Crippen molar-refractivity contribution >= 4 is 34.8 Å². The van der Waals surface area contributed by atoms with Gasteiger partial charge in [0.05, 0.1) is 23.5 Å². The summed E-state index contributed by atoms with van der Waals surface area (Å²) in [7, 11) is 0. The number of benzene rings is 3. The second-order valence-electron chi connectivity index (χ2n) is 8.67. The third-order valence-corrected chi connectivity index (χ3v) is 6.57. The molecule has 6 nitrogen and oxygen atoms in total. The Morgan fingerprint density at radius 3 is 2.46 bits per heavy atom. The van der Waals surface area contributed by atoms with Gasteiger partial charge in [0.15, 0.2) is 5.60 Å². The molecule has 1 atom stereocenters. The fourth-order valence-corrected chi connectivity index (χ4v) is 4.44. The zero-order valence-electron chi connectivity index (χ0n) is 19.4. The Hall–Kier alpha value is -3.47. The van der Waals surface area contributed by atoms with Crippen LogP contribution < -0.4 is 10.2 Å². The third-order valence-electron chi connectivity index (χ3n) is 6.34. The SMILES string of the molecule is Cc1cccc(F)c1C(=O)Nc1ccc(C(=O)N2CCC(F)(F)[C@](O)(CO)c3cc(Cl)ccc32)cc1F. The van der Waals surface area contributed by atoms with Crippen LogP contribution in [0.2, 0.25) is 5.02 Å². The van der Waals surface area contributed by atoms with Gasteiger partial charge in [-0.2, -0.15) is 0 Å². The molecule has 11 heteroatoms. The zero-order chi connectivity index (χ0) is 27.1. The lowest BCUT2D eigenvalue weighted by Crippen LogP contribution is -2.48. The summed E-state index contributed by atoms with van der Waals surface area (Å²) >= 11 is 5.95. The van der Waals surface area contributed by atoms with Crippen LogP contribution in [-0.2, 0) is 5.60 Å². The van der Waals surface area contributed by atoms with Crippen molar-refractivity contribution in [2.45, 2.75) is 24.9 Å². The number of aliphatic hydroxyl groups is 2. The number of anilines is 2. The van der Waals surface area contributed by atoms with Crippen LogP contribution in [0.4, 0.5) is 28.9 Å². The molecule has 1 aliphatic rings. The number of carbonyl (C=O) groups excluding carboxylic acids is 2. The van der Waals surface area contributed by atoms with Crippen LogP contribution in [0.25, 0.3) is 0 Å². The van der Waals surface area contributed by atoms with Gasteiger partial charge in [0.25, 0.3) is 17.7 Å². The van der Waals surface area contributed by atoms with Crippen molar-refractivity contribution in [3.8, 4) is 0 Å². The number of fused-ring (bicyclic) bond motifs is 1. The maximum absolute atomic E-state index is 14.9. The molecule has 37 heavy (non-hydrogen) atoms. The highest BCUT2D eigenvalue weighted by atomic mass is 35.5. The standard InChI is InChI=1S/C26H21ClF4N2O4/c1-14-3-2-4-18(28)22(14)23(35)32-20-7-5-15(11-19(20)29)24(36)33-10-9-26(30,31)25(37,13-34)17-12-16(27)6-8-21(17)33/h2-8,11-12,34,37H,9-10,13H2,1H3,(H,32,35)/t25-/m0/s1. The molecule has 194 valence electrons. The number of aryl methyl sites for hydroxylation is 1. The first-order valence-corrected chi connectivity index (χ1v) is 11.5. The van der Waals surface area contributed by atoms with Crippen LogP contribution in [-0.4, -0.2) is 41.1 Å². The van der Waals surface area contributed by atoms with Crippen LogP contribution in [0.5, 0.6) is 0 Å². The van der Waals surface area contributed by atoms with E-state index in [-0.39, 0.29) is 27.5 Å². The van der Waals surface area contributed by atoms with E-state index in [0.29, 0.717) is 5.56 Å². The van der Waals surface area contributed by atoms with Gasteiger partial charge < -0.3 is 20.4 Å². The molecule has 0 fully saturated rings. The van der Waals surface area contributed by atoms with E-state index in [1.54, 1.807) is 0 Å². The van der Waals surface area contributed by atoms with Gasteiger partial charge in [-0.05, 0) is 55.0 Å². The maximum atomic E-state index is 14.9. The number of alkyl halides is 2. The number of halogens is 5. The number of carbonyl (C=O) groups is 2. The van der Waals surface area contributed by atoms with Gasteiger partial charge >= 0.3 is 0 Å². The van der Waals surface area contributed by atoms with Gasteiger partial charge in [0.2, 0.25) is 0 Å². The lowest BCUT2D eigenvalue weighted by atomic mass is 9.86. The van der Waals surface area contributed by atoms with Crippen molar-refractivity contribution in [2.24, 2.45) is 0 Å². The van der Waals surface area contributed by atoms with Crippen LogP contribution in [0.1, 0.15) is 38.3 Å². The molecule has 2 amide bonds. The van der Waals surface area contributed by atoms with Crippen molar-refractivity contribution in [2.75, 3.05) is 23.4 Å². The van der Waals surface area contributed by atoms with Crippen LogP contribution >= 0.6 is 11.6 Å². The summed E-state index contributed by atoms with van der Waals surface area (Å²) in [5, 5.41) is 22.6. The highest BCUT2D eigenvalue weighted by Gasteiger charge is 2.56. The molecule has 0 aromatic heterocycles. The molecule has 0 saturated heterocycles. The molecule has 0 radical (unpaired) electrons. The highest BCUT2D eigenvalue weighted by molar-refractivity contribution is 6.30. The lowest BCUT2D eigenvalue weighted by molar-refractivity contribution is -0.205. The monoisotopic (exact) mass is 536 g/mol. The molecule has 3 N–H and O–H groups in total. The normalized spacial score (nSPS) is 18.6. The fourth-order valence-electron chi connectivity index (χ4n) is 4.27. The van der Waals surface area contributed by atoms with E-state index in [9.17, 15) is 37.4 Å². The molecular formula is C26H21ClF4N2O4. The Balaban J connectivity index is 1.67. The van der Waals surface area contributed by atoms with E-state index in [1.807, 2.05) is 0 Å². The molecule has 3 aromatic rings. The second-order valence-corrected chi connectivity index (χ2v) is 9.11. The summed E-state index contributed by atoms with van der Waals surface area (Å²) in [6, 6.07) is 10.7. The molecule has 1 aliphatic heterocycles. The summed E-state index contributed by atoms with van der Waals surface area (Å²) in [5.41, 5.74) is -4.08. The van der Waals surface area contributed by atoms with E-state index in [0.717, 1.165) is 29.2 Å². The number of nitrogens with zero attached hydrogens (tertiary/aromatic N) is 1. The van der Waals surface area contributed by atoms with Gasteiger partial charge in [-0.15, -0.1) is 0 Å². The number of amides is 2. The Morgan fingerprint density at radius 2 is 1.81 bits per heavy atom. The second kappa shape index (κ2) is 9.77. The van der Waals surface area contributed by atoms with E-state index < -0.39 is 60.1 Å². The maximum Gasteiger partial charge on any atom is 0.284 e. The van der Waals surface area contributed by atoms with E-state index >= 15 is 0 Å². The fraction of sp³-hybridized carbons (Fsp3) is 0.231. The van der Waals surface area contributed by atoms with Gasteiger partial charge in [0.1, 0.15) is 11.6 Å². The first-order valence-electron chi connectivity index (χ1n) is 11.1. The third kappa shape index (κ3) is 4.68. The van der Waals surface area contributed by atoms with Gasteiger partial charge in [-0.3, -0.25) is 9.59 Å².